The molecule has 0 radical (unpaired) electrons. The molecule has 30 heavy (non-hydrogen) atoms. The summed E-state index contributed by atoms with van der Waals surface area (Å²) in [6, 6.07) is 10.8. The molecule has 0 unspecified atom stereocenters. The summed E-state index contributed by atoms with van der Waals surface area (Å²) in [6.45, 7) is 0. The Morgan fingerprint density at radius 1 is 0.933 bits per heavy atom. The van der Waals surface area contributed by atoms with Gasteiger partial charge in [-0.05, 0) is 12.1 Å². The molecule has 3 amide bonds. The minimum atomic E-state index is -4.83. The number of alkyl halides is 3. The van der Waals surface area contributed by atoms with E-state index in [0.29, 0.717) is 0 Å². The smallest absolute Gasteiger partial charge is 0.291 e. The number of carbonyl (C=O) groups is 2. The molecule has 1 heterocycles. The SMILES string of the molecule is O=C(NC(=O)c1c(Cl)cccc1Cl)Nc1cnc(-c2ccccc2)c(C(F)(F)F)n1. The van der Waals surface area contributed by atoms with Crippen molar-refractivity contribution >= 4 is 41.0 Å². The molecule has 3 rings (SSSR count). The zero-order valence-corrected chi connectivity index (χ0v) is 16.3. The first-order valence-electron chi connectivity index (χ1n) is 8.23. The molecule has 0 aliphatic carbocycles. The van der Waals surface area contributed by atoms with E-state index in [1.807, 2.05) is 10.6 Å². The molecule has 3 aromatic rings. The van der Waals surface area contributed by atoms with Crippen LogP contribution in [0.3, 0.4) is 0 Å². The summed E-state index contributed by atoms with van der Waals surface area (Å²) < 4.78 is 40.4. The van der Waals surface area contributed by atoms with Crippen LogP contribution in [0, 0.1) is 0 Å². The highest BCUT2D eigenvalue weighted by molar-refractivity contribution is 6.40. The Labute approximate surface area is 178 Å². The molecule has 6 nitrogen and oxygen atoms in total. The minimum Gasteiger partial charge on any atom is -0.291 e. The summed E-state index contributed by atoms with van der Waals surface area (Å²) in [4.78, 5) is 31.5. The Morgan fingerprint density at radius 2 is 1.57 bits per heavy atom. The van der Waals surface area contributed by atoms with Gasteiger partial charge in [0.2, 0.25) is 0 Å². The summed E-state index contributed by atoms with van der Waals surface area (Å²) >= 11 is 11.8. The molecule has 0 saturated carbocycles. The van der Waals surface area contributed by atoms with Gasteiger partial charge < -0.3 is 0 Å². The molecular formula is C19H11Cl2F3N4O2. The average molecular weight is 455 g/mol. The fourth-order valence-electron chi connectivity index (χ4n) is 2.48. The molecule has 1 aromatic heterocycles. The summed E-state index contributed by atoms with van der Waals surface area (Å²) in [5.41, 5.74) is -1.63. The van der Waals surface area contributed by atoms with Gasteiger partial charge in [0.1, 0.15) is 5.69 Å². The first-order valence-corrected chi connectivity index (χ1v) is 8.98. The van der Waals surface area contributed by atoms with Gasteiger partial charge >= 0.3 is 12.2 Å². The predicted octanol–water partition coefficient (Wildman–Crippen LogP) is 5.43. The number of hydrogen-bond acceptors (Lipinski definition) is 4. The van der Waals surface area contributed by atoms with Crippen molar-refractivity contribution < 1.29 is 22.8 Å². The third-order valence-corrected chi connectivity index (χ3v) is 4.38. The Bertz CT molecular complexity index is 1090. The lowest BCUT2D eigenvalue weighted by molar-refractivity contribution is -0.140. The van der Waals surface area contributed by atoms with E-state index in [4.69, 9.17) is 23.2 Å². The van der Waals surface area contributed by atoms with Crippen LogP contribution in [0.2, 0.25) is 10.0 Å². The van der Waals surface area contributed by atoms with Crippen LogP contribution in [0.25, 0.3) is 11.3 Å². The topological polar surface area (TPSA) is 84.0 Å². The lowest BCUT2D eigenvalue weighted by Crippen LogP contribution is -2.35. The number of nitrogens with zero attached hydrogens (tertiary/aromatic N) is 2. The van der Waals surface area contributed by atoms with Crippen LogP contribution >= 0.6 is 23.2 Å². The van der Waals surface area contributed by atoms with Gasteiger partial charge in [-0.15, -0.1) is 0 Å². The maximum absolute atomic E-state index is 13.5. The van der Waals surface area contributed by atoms with Crippen molar-refractivity contribution in [2.45, 2.75) is 6.18 Å². The van der Waals surface area contributed by atoms with E-state index >= 15 is 0 Å². The van der Waals surface area contributed by atoms with Crippen LogP contribution < -0.4 is 10.6 Å². The van der Waals surface area contributed by atoms with E-state index < -0.39 is 35.3 Å². The molecule has 154 valence electrons. The Morgan fingerprint density at radius 3 is 2.17 bits per heavy atom. The number of halogens is 5. The van der Waals surface area contributed by atoms with Gasteiger partial charge in [0.05, 0.1) is 21.8 Å². The van der Waals surface area contributed by atoms with Crippen molar-refractivity contribution in [3.63, 3.8) is 0 Å². The average Bonchev–Trinajstić information content (AvgIpc) is 2.67. The zero-order valence-electron chi connectivity index (χ0n) is 14.8. The molecular weight excluding hydrogens is 444 g/mol. The summed E-state index contributed by atoms with van der Waals surface area (Å²) in [5, 5.41) is 3.96. The fraction of sp³-hybridized carbons (Fsp3) is 0.0526. The van der Waals surface area contributed by atoms with E-state index in [9.17, 15) is 22.8 Å². The van der Waals surface area contributed by atoms with Crippen molar-refractivity contribution in [2.24, 2.45) is 0 Å². The lowest BCUT2D eigenvalue weighted by Gasteiger charge is -2.13. The quantitative estimate of drug-likeness (QED) is 0.552. The number of rotatable bonds is 3. The lowest BCUT2D eigenvalue weighted by atomic mass is 10.1. The van der Waals surface area contributed by atoms with Crippen LogP contribution in [0.15, 0.2) is 54.7 Å². The highest BCUT2D eigenvalue weighted by Crippen LogP contribution is 2.35. The maximum Gasteiger partial charge on any atom is 0.435 e. The molecule has 0 aliphatic rings. The van der Waals surface area contributed by atoms with Crippen LogP contribution in [0.4, 0.5) is 23.8 Å². The fourth-order valence-corrected chi connectivity index (χ4v) is 3.05. The van der Waals surface area contributed by atoms with Crippen molar-refractivity contribution in [2.75, 3.05) is 5.32 Å². The second-order valence-electron chi connectivity index (χ2n) is 5.82. The normalized spacial score (nSPS) is 11.1. The van der Waals surface area contributed by atoms with E-state index in [1.54, 1.807) is 18.2 Å². The monoisotopic (exact) mass is 454 g/mol. The van der Waals surface area contributed by atoms with E-state index in [-0.39, 0.29) is 21.2 Å². The molecule has 0 saturated heterocycles. The first-order chi connectivity index (χ1) is 14.2. The second-order valence-corrected chi connectivity index (χ2v) is 6.64. The number of hydrogen-bond donors (Lipinski definition) is 2. The summed E-state index contributed by atoms with van der Waals surface area (Å²) in [6.07, 6.45) is -3.88. The minimum absolute atomic E-state index is 0.000775. The number of benzene rings is 2. The Kier molecular flexibility index (Phi) is 6.23. The predicted molar refractivity (Wildman–Crippen MR) is 105 cm³/mol. The number of imide groups is 1. The Hall–Kier alpha value is -3.17. The van der Waals surface area contributed by atoms with Crippen molar-refractivity contribution in [1.29, 1.82) is 0 Å². The number of amides is 3. The van der Waals surface area contributed by atoms with Crippen LogP contribution in [0.1, 0.15) is 16.1 Å². The number of anilines is 1. The molecule has 2 N–H and O–H groups in total. The van der Waals surface area contributed by atoms with E-state index in [0.717, 1.165) is 6.20 Å². The molecule has 0 fully saturated rings. The molecule has 0 aliphatic heterocycles. The Balaban J connectivity index is 1.83. The number of urea groups is 1. The van der Waals surface area contributed by atoms with Gasteiger partial charge in [0, 0.05) is 5.56 Å². The highest BCUT2D eigenvalue weighted by Gasteiger charge is 2.37. The highest BCUT2D eigenvalue weighted by atomic mass is 35.5. The molecule has 0 spiro atoms. The third kappa shape index (κ3) is 4.87. The second kappa shape index (κ2) is 8.68. The van der Waals surface area contributed by atoms with Crippen LogP contribution in [0.5, 0.6) is 0 Å². The van der Waals surface area contributed by atoms with Crippen LogP contribution in [-0.2, 0) is 6.18 Å². The van der Waals surface area contributed by atoms with Crippen molar-refractivity contribution in [1.82, 2.24) is 15.3 Å². The summed E-state index contributed by atoms with van der Waals surface area (Å²) in [5.74, 6) is -1.44. The van der Waals surface area contributed by atoms with Crippen molar-refractivity contribution in [3.8, 4) is 11.3 Å². The molecule has 0 atom stereocenters. The first kappa shape index (κ1) is 21.5. The van der Waals surface area contributed by atoms with E-state index in [2.05, 4.69) is 9.97 Å². The standard InChI is InChI=1S/C19H11Cl2F3N4O2/c20-11-7-4-8-12(21)14(11)17(29)28-18(30)27-13-9-25-15(10-5-2-1-3-6-10)16(26-13)19(22,23)24/h1-9H,(H2,26,27,28,29,30). The van der Waals surface area contributed by atoms with Gasteiger partial charge in [-0.2, -0.15) is 13.2 Å². The molecule has 11 heteroatoms. The maximum atomic E-state index is 13.5. The molecule has 0 bridgehead atoms. The summed E-state index contributed by atoms with van der Waals surface area (Å²) in [7, 11) is 0. The van der Waals surface area contributed by atoms with Crippen LogP contribution in [-0.4, -0.2) is 21.9 Å². The van der Waals surface area contributed by atoms with Gasteiger partial charge in [-0.25, -0.2) is 9.78 Å². The van der Waals surface area contributed by atoms with Gasteiger partial charge in [0.25, 0.3) is 5.91 Å². The van der Waals surface area contributed by atoms with Crippen molar-refractivity contribution in [3.05, 3.63) is 76.0 Å². The zero-order chi connectivity index (χ0) is 21.9. The number of aromatic nitrogens is 2. The largest absolute Gasteiger partial charge is 0.435 e. The molecule has 2 aromatic carbocycles. The van der Waals surface area contributed by atoms with Gasteiger partial charge in [-0.3, -0.25) is 20.4 Å². The number of carbonyl (C=O) groups excluding carboxylic acids is 2. The van der Waals surface area contributed by atoms with Gasteiger partial charge in [-0.1, -0.05) is 59.6 Å². The van der Waals surface area contributed by atoms with Gasteiger partial charge in [0.15, 0.2) is 11.5 Å². The number of nitrogens with one attached hydrogen (secondary N) is 2. The van der Waals surface area contributed by atoms with E-state index in [1.165, 1.54) is 30.3 Å². The third-order valence-electron chi connectivity index (χ3n) is 3.75.